The molecule has 1 aromatic carbocycles. The van der Waals surface area contributed by atoms with E-state index >= 15 is 0 Å². The molecule has 0 heterocycles. The van der Waals surface area contributed by atoms with Gasteiger partial charge in [0.1, 0.15) is 6.29 Å². The molecule has 0 fully saturated rings. The van der Waals surface area contributed by atoms with Crippen LogP contribution in [0.25, 0.3) is 0 Å². The van der Waals surface area contributed by atoms with Gasteiger partial charge in [-0.1, -0.05) is 44.2 Å². The molecule has 0 aliphatic carbocycles. The average Bonchev–Trinajstić information content (AvgIpc) is 2.26. The van der Waals surface area contributed by atoms with Crippen molar-refractivity contribution in [2.45, 2.75) is 26.9 Å². The van der Waals surface area contributed by atoms with E-state index in [1.165, 1.54) is 5.56 Å². The first kappa shape index (κ1) is 11.9. The van der Waals surface area contributed by atoms with Crippen molar-refractivity contribution in [2.75, 3.05) is 6.61 Å². The van der Waals surface area contributed by atoms with E-state index in [1.54, 1.807) is 0 Å². The molecule has 0 N–H and O–H groups in total. The van der Waals surface area contributed by atoms with Crippen molar-refractivity contribution < 1.29 is 9.53 Å². The molecule has 2 nitrogen and oxygen atoms in total. The molecule has 0 amide bonds. The van der Waals surface area contributed by atoms with Crippen molar-refractivity contribution >= 4 is 6.29 Å². The van der Waals surface area contributed by atoms with Crippen LogP contribution in [0, 0.1) is 5.41 Å². The van der Waals surface area contributed by atoms with Crippen molar-refractivity contribution in [3.05, 3.63) is 35.9 Å². The van der Waals surface area contributed by atoms with Crippen LogP contribution in [0.1, 0.15) is 25.8 Å². The number of aldehydes is 1. The van der Waals surface area contributed by atoms with Crippen LogP contribution in [0.15, 0.2) is 30.3 Å². The molecule has 1 aromatic rings. The number of rotatable bonds is 6. The summed E-state index contributed by atoms with van der Waals surface area (Å²) in [5.41, 5.74) is 0.901. The van der Waals surface area contributed by atoms with Gasteiger partial charge < -0.3 is 9.53 Å². The second-order valence-corrected chi connectivity index (χ2v) is 4.39. The third-order valence-electron chi connectivity index (χ3n) is 2.32. The topological polar surface area (TPSA) is 26.3 Å². The number of hydrogen-bond donors (Lipinski definition) is 0. The molecule has 0 aliphatic rings. The Labute approximate surface area is 91.3 Å². The van der Waals surface area contributed by atoms with Gasteiger partial charge in [-0.25, -0.2) is 0 Å². The van der Waals surface area contributed by atoms with Gasteiger partial charge in [0.15, 0.2) is 0 Å². The highest BCUT2D eigenvalue weighted by Crippen LogP contribution is 2.16. The summed E-state index contributed by atoms with van der Waals surface area (Å²) in [5, 5.41) is 0. The predicted molar refractivity (Wildman–Crippen MR) is 60.6 cm³/mol. The summed E-state index contributed by atoms with van der Waals surface area (Å²) in [6.45, 7) is 5.09. The standard InChI is InChI=1S/C13H18O2/c1-13(2,11-14)8-9-15-10-12-6-4-3-5-7-12/h3-7,11H,8-10H2,1-2H3. The van der Waals surface area contributed by atoms with Crippen LogP contribution in [-0.4, -0.2) is 12.9 Å². The van der Waals surface area contributed by atoms with Crippen molar-refractivity contribution in [1.29, 1.82) is 0 Å². The van der Waals surface area contributed by atoms with E-state index in [9.17, 15) is 4.79 Å². The van der Waals surface area contributed by atoms with Gasteiger partial charge in [-0.15, -0.1) is 0 Å². The zero-order valence-electron chi connectivity index (χ0n) is 9.40. The van der Waals surface area contributed by atoms with E-state index in [0.717, 1.165) is 12.7 Å². The predicted octanol–water partition coefficient (Wildman–Crippen LogP) is 2.82. The lowest BCUT2D eigenvalue weighted by molar-refractivity contribution is -0.115. The highest BCUT2D eigenvalue weighted by Gasteiger charge is 2.15. The largest absolute Gasteiger partial charge is 0.377 e. The Morgan fingerprint density at radius 2 is 1.93 bits per heavy atom. The summed E-state index contributed by atoms with van der Waals surface area (Å²) in [6.07, 6.45) is 1.75. The fraction of sp³-hybridized carbons (Fsp3) is 0.462. The Balaban J connectivity index is 2.20. The maximum absolute atomic E-state index is 10.6. The number of ether oxygens (including phenoxy) is 1. The highest BCUT2D eigenvalue weighted by molar-refractivity contribution is 5.57. The van der Waals surface area contributed by atoms with E-state index < -0.39 is 0 Å². The van der Waals surface area contributed by atoms with Crippen molar-refractivity contribution in [3.63, 3.8) is 0 Å². The zero-order chi connectivity index (χ0) is 11.1. The van der Waals surface area contributed by atoms with Crippen molar-refractivity contribution in [2.24, 2.45) is 5.41 Å². The van der Waals surface area contributed by atoms with E-state index in [0.29, 0.717) is 13.2 Å². The third-order valence-corrected chi connectivity index (χ3v) is 2.32. The fourth-order valence-electron chi connectivity index (χ4n) is 1.16. The molecular weight excluding hydrogens is 188 g/mol. The first-order chi connectivity index (χ1) is 7.14. The quantitative estimate of drug-likeness (QED) is 0.528. The molecule has 0 aromatic heterocycles. The summed E-state index contributed by atoms with van der Waals surface area (Å²) in [5.74, 6) is 0. The summed E-state index contributed by atoms with van der Waals surface area (Å²) in [4.78, 5) is 10.6. The van der Waals surface area contributed by atoms with E-state index in [-0.39, 0.29) is 5.41 Å². The maximum atomic E-state index is 10.6. The molecule has 0 spiro atoms. The SMILES string of the molecule is CC(C)(C=O)CCOCc1ccccc1. The lowest BCUT2D eigenvalue weighted by atomic mass is 9.92. The van der Waals surface area contributed by atoms with Crippen LogP contribution in [-0.2, 0) is 16.1 Å². The first-order valence-electron chi connectivity index (χ1n) is 5.22. The Hall–Kier alpha value is -1.15. The van der Waals surface area contributed by atoms with Gasteiger partial charge in [0.25, 0.3) is 0 Å². The number of benzene rings is 1. The van der Waals surface area contributed by atoms with Crippen LogP contribution >= 0.6 is 0 Å². The fourth-order valence-corrected chi connectivity index (χ4v) is 1.16. The monoisotopic (exact) mass is 206 g/mol. The molecule has 2 heteroatoms. The number of hydrogen-bond acceptors (Lipinski definition) is 2. The summed E-state index contributed by atoms with van der Waals surface area (Å²) >= 11 is 0. The van der Waals surface area contributed by atoms with Gasteiger partial charge >= 0.3 is 0 Å². The minimum Gasteiger partial charge on any atom is -0.377 e. The number of carbonyl (C=O) groups excluding carboxylic acids is 1. The molecular formula is C13H18O2. The molecule has 0 atom stereocenters. The molecule has 0 bridgehead atoms. The molecule has 1 rings (SSSR count). The highest BCUT2D eigenvalue weighted by atomic mass is 16.5. The number of carbonyl (C=O) groups is 1. The van der Waals surface area contributed by atoms with Crippen LogP contribution in [0.4, 0.5) is 0 Å². The summed E-state index contributed by atoms with van der Waals surface area (Å²) in [6, 6.07) is 10.0. The Bertz CT molecular complexity index is 291. The Morgan fingerprint density at radius 1 is 1.27 bits per heavy atom. The lowest BCUT2D eigenvalue weighted by Gasteiger charge is -2.16. The second kappa shape index (κ2) is 5.66. The van der Waals surface area contributed by atoms with Gasteiger partial charge in [-0.2, -0.15) is 0 Å². The first-order valence-corrected chi connectivity index (χ1v) is 5.22. The van der Waals surface area contributed by atoms with Crippen LogP contribution < -0.4 is 0 Å². The second-order valence-electron chi connectivity index (χ2n) is 4.39. The van der Waals surface area contributed by atoms with Gasteiger partial charge in [-0.3, -0.25) is 0 Å². The molecule has 15 heavy (non-hydrogen) atoms. The van der Waals surface area contributed by atoms with Crippen LogP contribution in [0.5, 0.6) is 0 Å². The van der Waals surface area contributed by atoms with Gasteiger partial charge in [0, 0.05) is 12.0 Å². The van der Waals surface area contributed by atoms with Gasteiger partial charge in [0.2, 0.25) is 0 Å². The third kappa shape index (κ3) is 4.75. The van der Waals surface area contributed by atoms with Gasteiger partial charge in [0.05, 0.1) is 6.61 Å². The average molecular weight is 206 g/mol. The Morgan fingerprint density at radius 3 is 2.53 bits per heavy atom. The molecule has 0 radical (unpaired) electrons. The van der Waals surface area contributed by atoms with E-state index in [1.807, 2.05) is 44.2 Å². The van der Waals surface area contributed by atoms with Crippen LogP contribution in [0.3, 0.4) is 0 Å². The van der Waals surface area contributed by atoms with Crippen molar-refractivity contribution in [1.82, 2.24) is 0 Å². The summed E-state index contributed by atoms with van der Waals surface area (Å²) in [7, 11) is 0. The van der Waals surface area contributed by atoms with E-state index in [2.05, 4.69) is 0 Å². The van der Waals surface area contributed by atoms with Crippen LogP contribution in [0.2, 0.25) is 0 Å². The smallest absolute Gasteiger partial charge is 0.125 e. The van der Waals surface area contributed by atoms with Crippen molar-refractivity contribution in [3.8, 4) is 0 Å². The minimum absolute atomic E-state index is 0.267. The molecule has 0 aliphatic heterocycles. The normalized spacial score (nSPS) is 11.3. The molecule has 0 saturated carbocycles. The maximum Gasteiger partial charge on any atom is 0.125 e. The lowest BCUT2D eigenvalue weighted by Crippen LogP contribution is -2.15. The zero-order valence-corrected chi connectivity index (χ0v) is 9.40. The molecule has 82 valence electrons. The van der Waals surface area contributed by atoms with E-state index in [4.69, 9.17) is 4.74 Å². The molecule has 0 unspecified atom stereocenters. The van der Waals surface area contributed by atoms with Gasteiger partial charge in [-0.05, 0) is 12.0 Å². The minimum atomic E-state index is -0.267. The molecule has 0 saturated heterocycles. The Kier molecular flexibility index (Phi) is 4.50. The summed E-state index contributed by atoms with van der Waals surface area (Å²) < 4.78 is 5.50.